The summed E-state index contributed by atoms with van der Waals surface area (Å²) in [6, 6.07) is 10.9. The normalized spacial score (nSPS) is 18.6. The SMILES string of the molecule is COc1ccc2c(c1)OC(c1ccc3c(c1)OCO3)CC2=O. The van der Waals surface area contributed by atoms with Gasteiger partial charge in [-0.1, -0.05) is 6.07 Å². The quantitative estimate of drug-likeness (QED) is 0.852. The molecular formula is C17H14O5. The van der Waals surface area contributed by atoms with Crippen LogP contribution in [0.1, 0.15) is 28.4 Å². The second-order valence-electron chi connectivity index (χ2n) is 5.21. The Kier molecular flexibility index (Phi) is 2.92. The third-order valence-corrected chi connectivity index (χ3v) is 3.90. The fraction of sp³-hybridized carbons (Fsp3) is 0.235. The van der Waals surface area contributed by atoms with E-state index < -0.39 is 0 Å². The van der Waals surface area contributed by atoms with Crippen LogP contribution in [0.2, 0.25) is 0 Å². The maximum atomic E-state index is 12.3. The van der Waals surface area contributed by atoms with E-state index in [9.17, 15) is 4.79 Å². The zero-order chi connectivity index (χ0) is 15.1. The molecule has 0 spiro atoms. The van der Waals surface area contributed by atoms with Gasteiger partial charge in [-0.2, -0.15) is 0 Å². The molecule has 0 radical (unpaired) electrons. The van der Waals surface area contributed by atoms with Gasteiger partial charge in [-0.3, -0.25) is 4.79 Å². The van der Waals surface area contributed by atoms with Gasteiger partial charge in [0.25, 0.3) is 0 Å². The summed E-state index contributed by atoms with van der Waals surface area (Å²) >= 11 is 0. The Hall–Kier alpha value is -2.69. The van der Waals surface area contributed by atoms with Gasteiger partial charge < -0.3 is 18.9 Å². The van der Waals surface area contributed by atoms with Gasteiger partial charge in [-0.25, -0.2) is 0 Å². The second-order valence-corrected chi connectivity index (χ2v) is 5.21. The van der Waals surface area contributed by atoms with E-state index in [2.05, 4.69) is 0 Å². The summed E-state index contributed by atoms with van der Waals surface area (Å²) in [7, 11) is 1.59. The molecule has 5 heteroatoms. The molecule has 112 valence electrons. The van der Waals surface area contributed by atoms with Gasteiger partial charge >= 0.3 is 0 Å². The molecule has 2 aliphatic rings. The standard InChI is InChI=1S/C17H14O5/c1-19-11-3-4-12-13(18)8-15(22-16(12)7-11)10-2-5-14-17(6-10)21-9-20-14/h2-7,15H,8-9H2,1H3. The number of Topliss-reactive ketones (excluding diaryl/α,β-unsaturated/α-hetero) is 1. The van der Waals surface area contributed by atoms with Crippen molar-refractivity contribution in [2.24, 2.45) is 0 Å². The Morgan fingerprint density at radius 1 is 1.05 bits per heavy atom. The summed E-state index contributed by atoms with van der Waals surface area (Å²) in [5.74, 6) is 2.68. The number of ether oxygens (including phenoxy) is 4. The van der Waals surface area contributed by atoms with Gasteiger partial charge in [0.05, 0.1) is 19.1 Å². The number of carbonyl (C=O) groups is 1. The number of hydrogen-bond acceptors (Lipinski definition) is 5. The first-order valence-electron chi connectivity index (χ1n) is 7.02. The molecule has 0 aliphatic carbocycles. The van der Waals surface area contributed by atoms with Crippen LogP contribution in [0.3, 0.4) is 0 Å². The predicted octanol–water partition coefficient (Wildman–Crippen LogP) is 3.13. The van der Waals surface area contributed by atoms with E-state index in [1.54, 1.807) is 25.3 Å². The van der Waals surface area contributed by atoms with Crippen LogP contribution in [0.15, 0.2) is 36.4 Å². The van der Waals surface area contributed by atoms with Crippen LogP contribution >= 0.6 is 0 Å². The smallest absolute Gasteiger partial charge is 0.231 e. The lowest BCUT2D eigenvalue weighted by molar-refractivity contribution is 0.0849. The highest BCUT2D eigenvalue weighted by atomic mass is 16.7. The minimum atomic E-state index is -0.332. The van der Waals surface area contributed by atoms with Gasteiger partial charge in [-0.15, -0.1) is 0 Å². The first-order chi connectivity index (χ1) is 10.7. The fourth-order valence-corrected chi connectivity index (χ4v) is 2.73. The number of ketones is 1. The highest BCUT2D eigenvalue weighted by Gasteiger charge is 2.29. The summed E-state index contributed by atoms with van der Waals surface area (Å²) in [5.41, 5.74) is 1.49. The van der Waals surface area contributed by atoms with E-state index in [4.69, 9.17) is 18.9 Å². The number of methoxy groups -OCH3 is 1. The van der Waals surface area contributed by atoms with Crippen LogP contribution in [0.25, 0.3) is 0 Å². The largest absolute Gasteiger partial charge is 0.497 e. The molecule has 0 aromatic heterocycles. The Morgan fingerprint density at radius 3 is 2.77 bits per heavy atom. The van der Waals surface area contributed by atoms with Gasteiger partial charge in [0, 0.05) is 6.07 Å². The van der Waals surface area contributed by atoms with Crippen molar-refractivity contribution in [2.45, 2.75) is 12.5 Å². The lowest BCUT2D eigenvalue weighted by Gasteiger charge is -2.26. The van der Waals surface area contributed by atoms with Gasteiger partial charge in [-0.05, 0) is 29.8 Å². The predicted molar refractivity (Wildman–Crippen MR) is 77.9 cm³/mol. The molecule has 0 N–H and O–H groups in total. The van der Waals surface area contributed by atoms with E-state index in [0.29, 0.717) is 35.0 Å². The highest BCUT2D eigenvalue weighted by Crippen LogP contribution is 2.40. The monoisotopic (exact) mass is 298 g/mol. The van der Waals surface area contributed by atoms with Crippen LogP contribution in [0.4, 0.5) is 0 Å². The summed E-state index contributed by atoms with van der Waals surface area (Å²) < 4.78 is 21.9. The van der Waals surface area contributed by atoms with E-state index in [1.165, 1.54) is 0 Å². The summed E-state index contributed by atoms with van der Waals surface area (Å²) in [5, 5.41) is 0. The molecule has 0 bridgehead atoms. The summed E-state index contributed by atoms with van der Waals surface area (Å²) in [6.45, 7) is 0.225. The maximum Gasteiger partial charge on any atom is 0.231 e. The summed E-state index contributed by atoms with van der Waals surface area (Å²) in [6.07, 6.45) is -0.0273. The minimum absolute atomic E-state index is 0.0616. The lowest BCUT2D eigenvalue weighted by Crippen LogP contribution is -2.20. The zero-order valence-corrected chi connectivity index (χ0v) is 12.0. The van der Waals surface area contributed by atoms with Crippen molar-refractivity contribution < 1.29 is 23.7 Å². The van der Waals surface area contributed by atoms with E-state index in [1.807, 2.05) is 18.2 Å². The topological polar surface area (TPSA) is 54.0 Å². The molecule has 2 heterocycles. The van der Waals surface area contributed by atoms with E-state index in [-0.39, 0.29) is 18.7 Å². The number of carbonyl (C=O) groups excluding carboxylic acids is 1. The molecule has 0 amide bonds. The van der Waals surface area contributed by atoms with E-state index >= 15 is 0 Å². The number of rotatable bonds is 2. The fourth-order valence-electron chi connectivity index (χ4n) is 2.73. The Balaban J connectivity index is 1.68. The Bertz CT molecular complexity index is 753. The van der Waals surface area contributed by atoms with Crippen LogP contribution < -0.4 is 18.9 Å². The second kappa shape index (κ2) is 4.94. The molecule has 1 atom stereocenters. The molecule has 0 saturated carbocycles. The molecular weight excluding hydrogens is 284 g/mol. The van der Waals surface area contributed by atoms with Crippen LogP contribution in [0.5, 0.6) is 23.0 Å². The van der Waals surface area contributed by atoms with Crippen LogP contribution in [0, 0.1) is 0 Å². The third kappa shape index (κ3) is 2.06. The highest BCUT2D eigenvalue weighted by molar-refractivity contribution is 6.00. The molecule has 0 fully saturated rings. The van der Waals surface area contributed by atoms with Gasteiger partial charge in [0.2, 0.25) is 6.79 Å². The lowest BCUT2D eigenvalue weighted by atomic mass is 9.96. The Labute approximate surface area is 127 Å². The average Bonchev–Trinajstić information content (AvgIpc) is 3.01. The van der Waals surface area contributed by atoms with Crippen molar-refractivity contribution in [3.8, 4) is 23.0 Å². The average molecular weight is 298 g/mol. The molecule has 2 aromatic rings. The number of fused-ring (bicyclic) bond motifs is 2. The molecule has 22 heavy (non-hydrogen) atoms. The minimum Gasteiger partial charge on any atom is -0.497 e. The van der Waals surface area contributed by atoms with Crippen molar-refractivity contribution in [2.75, 3.05) is 13.9 Å². The molecule has 0 saturated heterocycles. The third-order valence-electron chi connectivity index (χ3n) is 3.90. The molecule has 2 aliphatic heterocycles. The first-order valence-corrected chi connectivity index (χ1v) is 7.02. The van der Waals surface area contributed by atoms with Crippen LogP contribution in [-0.2, 0) is 0 Å². The van der Waals surface area contributed by atoms with Crippen LogP contribution in [-0.4, -0.2) is 19.7 Å². The molecule has 5 nitrogen and oxygen atoms in total. The van der Waals surface area contributed by atoms with Gasteiger partial charge in [0.1, 0.15) is 17.6 Å². The molecule has 1 unspecified atom stereocenters. The number of hydrogen-bond donors (Lipinski definition) is 0. The zero-order valence-electron chi connectivity index (χ0n) is 12.0. The molecule has 4 rings (SSSR count). The van der Waals surface area contributed by atoms with Crippen molar-refractivity contribution in [3.63, 3.8) is 0 Å². The van der Waals surface area contributed by atoms with Crippen molar-refractivity contribution in [3.05, 3.63) is 47.5 Å². The van der Waals surface area contributed by atoms with Gasteiger partial charge in [0.15, 0.2) is 17.3 Å². The van der Waals surface area contributed by atoms with E-state index in [0.717, 1.165) is 5.56 Å². The summed E-state index contributed by atoms with van der Waals surface area (Å²) in [4.78, 5) is 12.3. The first kappa shape index (κ1) is 13.0. The Morgan fingerprint density at radius 2 is 1.91 bits per heavy atom. The molecule has 2 aromatic carbocycles. The maximum absolute atomic E-state index is 12.3. The van der Waals surface area contributed by atoms with Crippen molar-refractivity contribution >= 4 is 5.78 Å². The number of benzene rings is 2. The van der Waals surface area contributed by atoms with Crippen molar-refractivity contribution in [1.82, 2.24) is 0 Å². The van der Waals surface area contributed by atoms with Crippen molar-refractivity contribution in [1.29, 1.82) is 0 Å².